The van der Waals surface area contributed by atoms with Crippen molar-refractivity contribution in [2.75, 3.05) is 12.3 Å². The van der Waals surface area contributed by atoms with Crippen molar-refractivity contribution in [2.24, 2.45) is 0 Å². The van der Waals surface area contributed by atoms with Crippen LogP contribution >= 0.6 is 0 Å². The third-order valence-corrected chi connectivity index (χ3v) is 5.95. The van der Waals surface area contributed by atoms with Gasteiger partial charge in [-0.25, -0.2) is 12.8 Å². The molecule has 0 saturated carbocycles. The number of nitrogen functional groups attached to an aromatic ring is 1. The van der Waals surface area contributed by atoms with Gasteiger partial charge in [0.05, 0.1) is 4.90 Å². The van der Waals surface area contributed by atoms with Gasteiger partial charge in [-0.05, 0) is 45.7 Å². The lowest BCUT2D eigenvalue weighted by Crippen LogP contribution is -2.42. The van der Waals surface area contributed by atoms with Gasteiger partial charge in [0.15, 0.2) is 0 Å². The monoisotopic (exact) mass is 286 g/mol. The second-order valence-corrected chi connectivity index (χ2v) is 7.45. The Morgan fingerprint density at radius 1 is 1.37 bits per heavy atom. The van der Waals surface area contributed by atoms with Gasteiger partial charge in [0.1, 0.15) is 5.82 Å². The molecule has 0 unspecified atom stereocenters. The molecule has 0 aliphatic carbocycles. The number of benzene rings is 1. The molecule has 0 spiro atoms. The summed E-state index contributed by atoms with van der Waals surface area (Å²) in [6, 6.07) is 2.48. The highest BCUT2D eigenvalue weighted by Gasteiger charge is 2.41. The zero-order chi connectivity index (χ0) is 14.4. The molecule has 1 fully saturated rings. The SMILES string of the molecule is Cc1c(F)cc(N)cc1S(=O)(=O)N1CCCC1(C)C. The number of halogens is 1. The number of hydrogen-bond acceptors (Lipinski definition) is 3. The van der Waals surface area contributed by atoms with Crippen molar-refractivity contribution >= 4 is 15.7 Å². The Hall–Kier alpha value is -1.14. The molecule has 0 atom stereocenters. The van der Waals surface area contributed by atoms with E-state index in [0.29, 0.717) is 6.54 Å². The first-order chi connectivity index (χ1) is 8.66. The predicted molar refractivity (Wildman–Crippen MR) is 72.8 cm³/mol. The summed E-state index contributed by atoms with van der Waals surface area (Å²) >= 11 is 0. The maximum absolute atomic E-state index is 13.7. The van der Waals surface area contributed by atoms with Gasteiger partial charge in [-0.15, -0.1) is 0 Å². The minimum atomic E-state index is -3.71. The molecule has 0 amide bonds. The van der Waals surface area contributed by atoms with Crippen molar-refractivity contribution in [3.8, 4) is 0 Å². The number of nitrogens with two attached hydrogens (primary N) is 1. The molecular formula is C13H19FN2O2S. The summed E-state index contributed by atoms with van der Waals surface area (Å²) in [5.41, 5.74) is 5.38. The molecular weight excluding hydrogens is 267 g/mol. The van der Waals surface area contributed by atoms with Crippen molar-refractivity contribution in [1.82, 2.24) is 4.31 Å². The Morgan fingerprint density at radius 3 is 2.53 bits per heavy atom. The van der Waals surface area contributed by atoms with E-state index < -0.39 is 21.4 Å². The summed E-state index contributed by atoms with van der Waals surface area (Å²) in [5.74, 6) is -0.587. The zero-order valence-electron chi connectivity index (χ0n) is 11.4. The Balaban J connectivity index is 2.58. The first-order valence-corrected chi connectivity index (χ1v) is 7.69. The lowest BCUT2D eigenvalue weighted by Gasteiger charge is -2.31. The molecule has 0 radical (unpaired) electrons. The summed E-state index contributed by atoms with van der Waals surface area (Å²) in [6.07, 6.45) is 1.62. The van der Waals surface area contributed by atoms with Crippen LogP contribution in [0.3, 0.4) is 0 Å². The van der Waals surface area contributed by atoms with E-state index in [0.717, 1.165) is 18.9 Å². The third kappa shape index (κ3) is 2.34. The van der Waals surface area contributed by atoms with Gasteiger partial charge in [-0.2, -0.15) is 4.31 Å². The highest BCUT2D eigenvalue weighted by Crippen LogP contribution is 2.35. The second kappa shape index (κ2) is 4.45. The lowest BCUT2D eigenvalue weighted by molar-refractivity contribution is 0.291. The Bertz CT molecular complexity index is 611. The maximum atomic E-state index is 13.7. The zero-order valence-corrected chi connectivity index (χ0v) is 12.2. The van der Waals surface area contributed by atoms with E-state index in [2.05, 4.69) is 0 Å². The van der Waals surface area contributed by atoms with Crippen LogP contribution in [0.2, 0.25) is 0 Å². The summed E-state index contributed by atoms with van der Waals surface area (Å²) < 4.78 is 40.5. The van der Waals surface area contributed by atoms with Crippen molar-refractivity contribution < 1.29 is 12.8 Å². The predicted octanol–water partition coefficient (Wildman–Crippen LogP) is 2.28. The van der Waals surface area contributed by atoms with E-state index in [1.165, 1.54) is 17.3 Å². The van der Waals surface area contributed by atoms with Gasteiger partial charge >= 0.3 is 0 Å². The minimum absolute atomic E-state index is 0.0278. The largest absolute Gasteiger partial charge is 0.399 e. The molecule has 19 heavy (non-hydrogen) atoms. The summed E-state index contributed by atoms with van der Waals surface area (Å²) in [7, 11) is -3.71. The topological polar surface area (TPSA) is 63.4 Å². The van der Waals surface area contributed by atoms with Crippen LogP contribution in [0.5, 0.6) is 0 Å². The molecule has 6 heteroatoms. The normalized spacial score (nSPS) is 19.8. The number of hydrogen-bond donors (Lipinski definition) is 1. The molecule has 4 nitrogen and oxygen atoms in total. The molecule has 1 aliphatic rings. The highest BCUT2D eigenvalue weighted by atomic mass is 32.2. The van der Waals surface area contributed by atoms with Crippen molar-refractivity contribution in [3.63, 3.8) is 0 Å². The summed E-state index contributed by atoms with van der Waals surface area (Å²) in [4.78, 5) is -0.0278. The van der Waals surface area contributed by atoms with E-state index in [1.807, 2.05) is 13.8 Å². The molecule has 1 heterocycles. The third-order valence-electron chi connectivity index (χ3n) is 3.71. The van der Waals surface area contributed by atoms with Crippen LogP contribution in [0.1, 0.15) is 32.3 Å². The van der Waals surface area contributed by atoms with Gasteiger partial charge in [0, 0.05) is 23.3 Å². The molecule has 2 rings (SSSR count). The van der Waals surface area contributed by atoms with Crippen LogP contribution in [0, 0.1) is 12.7 Å². The van der Waals surface area contributed by atoms with Crippen LogP contribution < -0.4 is 5.73 Å². The number of sulfonamides is 1. The van der Waals surface area contributed by atoms with E-state index in [9.17, 15) is 12.8 Å². The maximum Gasteiger partial charge on any atom is 0.244 e. The molecule has 1 saturated heterocycles. The Kier molecular flexibility index (Phi) is 3.35. The van der Waals surface area contributed by atoms with Crippen LogP contribution in [0.15, 0.2) is 17.0 Å². The Labute approximate surface area is 113 Å². The van der Waals surface area contributed by atoms with Crippen LogP contribution in [0.4, 0.5) is 10.1 Å². The summed E-state index contributed by atoms with van der Waals surface area (Å²) in [6.45, 7) is 5.70. The van der Waals surface area contributed by atoms with Crippen LogP contribution in [0.25, 0.3) is 0 Å². The fourth-order valence-corrected chi connectivity index (χ4v) is 4.71. The van der Waals surface area contributed by atoms with Crippen LogP contribution in [-0.4, -0.2) is 24.8 Å². The molecule has 106 valence electrons. The van der Waals surface area contributed by atoms with Gasteiger partial charge in [-0.3, -0.25) is 0 Å². The van der Waals surface area contributed by atoms with Crippen molar-refractivity contribution in [3.05, 3.63) is 23.5 Å². The number of anilines is 1. The van der Waals surface area contributed by atoms with Crippen molar-refractivity contribution in [2.45, 2.75) is 44.0 Å². The first-order valence-electron chi connectivity index (χ1n) is 6.25. The molecule has 1 aromatic rings. The molecule has 1 aliphatic heterocycles. The van der Waals surface area contributed by atoms with Gasteiger partial charge < -0.3 is 5.73 Å². The average Bonchev–Trinajstić information content (AvgIpc) is 2.63. The molecule has 2 N–H and O–H groups in total. The van der Waals surface area contributed by atoms with Crippen LogP contribution in [-0.2, 0) is 10.0 Å². The Morgan fingerprint density at radius 2 is 2.00 bits per heavy atom. The fraction of sp³-hybridized carbons (Fsp3) is 0.538. The standard InChI is InChI=1S/C13H19FN2O2S/c1-9-11(14)7-10(15)8-12(9)19(17,18)16-6-4-5-13(16,2)3/h7-8H,4-6,15H2,1-3H3. The average molecular weight is 286 g/mol. The summed E-state index contributed by atoms with van der Waals surface area (Å²) in [5, 5.41) is 0. The molecule has 0 bridgehead atoms. The first kappa shape index (κ1) is 14.3. The lowest BCUT2D eigenvalue weighted by atomic mass is 10.0. The van der Waals surface area contributed by atoms with Gasteiger partial charge in [0.25, 0.3) is 0 Å². The fourth-order valence-electron chi connectivity index (χ4n) is 2.59. The van der Waals surface area contributed by atoms with E-state index >= 15 is 0 Å². The number of rotatable bonds is 2. The van der Waals surface area contributed by atoms with Gasteiger partial charge in [0.2, 0.25) is 10.0 Å². The number of nitrogens with zero attached hydrogens (tertiary/aromatic N) is 1. The van der Waals surface area contributed by atoms with Gasteiger partial charge in [-0.1, -0.05) is 0 Å². The quantitative estimate of drug-likeness (QED) is 0.848. The smallest absolute Gasteiger partial charge is 0.244 e. The van der Waals surface area contributed by atoms with Crippen molar-refractivity contribution in [1.29, 1.82) is 0 Å². The highest BCUT2D eigenvalue weighted by molar-refractivity contribution is 7.89. The minimum Gasteiger partial charge on any atom is -0.399 e. The molecule has 0 aromatic heterocycles. The van der Waals surface area contributed by atoms with E-state index in [-0.39, 0.29) is 16.1 Å². The van der Waals surface area contributed by atoms with E-state index in [4.69, 9.17) is 5.73 Å². The second-order valence-electron chi connectivity index (χ2n) is 5.62. The van der Waals surface area contributed by atoms with E-state index in [1.54, 1.807) is 0 Å². The molecule has 1 aromatic carbocycles.